The van der Waals surface area contributed by atoms with Crippen molar-refractivity contribution < 1.29 is 9.53 Å². The lowest BCUT2D eigenvalue weighted by Crippen LogP contribution is -2.36. The Bertz CT molecular complexity index is 468. The third-order valence-corrected chi connectivity index (χ3v) is 3.57. The first-order valence-electron chi connectivity index (χ1n) is 6.99. The first-order chi connectivity index (χ1) is 9.58. The number of anilines is 2. The van der Waals surface area contributed by atoms with Gasteiger partial charge in [0.2, 0.25) is 5.91 Å². The Morgan fingerprint density at radius 3 is 2.65 bits per heavy atom. The molecule has 0 aliphatic carbocycles. The summed E-state index contributed by atoms with van der Waals surface area (Å²) < 4.78 is 5.35. The summed E-state index contributed by atoms with van der Waals surface area (Å²) in [6.45, 7) is 3.25. The van der Waals surface area contributed by atoms with E-state index < -0.39 is 0 Å². The average Bonchev–Trinajstić information content (AvgIpc) is 2.45. The maximum Gasteiger partial charge on any atom is 0.222 e. The van der Waals surface area contributed by atoms with Crippen LogP contribution in [0.4, 0.5) is 11.4 Å². The van der Waals surface area contributed by atoms with Crippen LogP contribution in [0.5, 0.6) is 0 Å². The molecule has 1 fully saturated rings. The first kappa shape index (κ1) is 14.7. The molecule has 2 rings (SSSR count). The molecular formula is C15H23N3O2. The molecule has 2 N–H and O–H groups in total. The minimum Gasteiger partial charge on any atom is -0.397 e. The SMILES string of the molecule is CN(C)C(=O)CCc1ccc(N2CCOCC2)c(N)c1. The third-order valence-electron chi connectivity index (χ3n) is 3.57. The molecule has 0 atom stereocenters. The van der Waals surface area contributed by atoms with E-state index in [4.69, 9.17) is 10.5 Å². The highest BCUT2D eigenvalue weighted by Crippen LogP contribution is 2.25. The summed E-state index contributed by atoms with van der Waals surface area (Å²) in [7, 11) is 3.55. The van der Waals surface area contributed by atoms with Gasteiger partial charge in [-0.05, 0) is 24.1 Å². The summed E-state index contributed by atoms with van der Waals surface area (Å²) in [6, 6.07) is 6.09. The van der Waals surface area contributed by atoms with E-state index in [1.54, 1.807) is 19.0 Å². The Labute approximate surface area is 120 Å². The molecular weight excluding hydrogens is 254 g/mol. The van der Waals surface area contributed by atoms with Crippen molar-refractivity contribution in [2.24, 2.45) is 0 Å². The predicted octanol–water partition coefficient (Wildman–Crippen LogP) is 1.13. The number of aryl methyl sites for hydroxylation is 1. The molecule has 0 spiro atoms. The maximum atomic E-state index is 11.6. The molecule has 1 heterocycles. The average molecular weight is 277 g/mol. The van der Waals surface area contributed by atoms with E-state index in [-0.39, 0.29) is 5.91 Å². The Morgan fingerprint density at radius 1 is 1.35 bits per heavy atom. The van der Waals surface area contributed by atoms with Crippen molar-refractivity contribution in [3.63, 3.8) is 0 Å². The Hall–Kier alpha value is -1.75. The molecule has 0 radical (unpaired) electrons. The number of morpholine rings is 1. The summed E-state index contributed by atoms with van der Waals surface area (Å²) in [5.74, 6) is 0.140. The Balaban J connectivity index is 2.00. The van der Waals surface area contributed by atoms with Gasteiger partial charge >= 0.3 is 0 Å². The molecule has 1 saturated heterocycles. The van der Waals surface area contributed by atoms with Gasteiger partial charge in [-0.2, -0.15) is 0 Å². The Kier molecular flexibility index (Phi) is 4.84. The van der Waals surface area contributed by atoms with Crippen LogP contribution in [-0.4, -0.2) is 51.2 Å². The van der Waals surface area contributed by atoms with E-state index in [0.717, 1.165) is 49.7 Å². The largest absolute Gasteiger partial charge is 0.397 e. The van der Waals surface area contributed by atoms with Crippen LogP contribution in [0, 0.1) is 0 Å². The van der Waals surface area contributed by atoms with Crippen molar-refractivity contribution in [2.45, 2.75) is 12.8 Å². The van der Waals surface area contributed by atoms with Crippen LogP contribution < -0.4 is 10.6 Å². The summed E-state index contributed by atoms with van der Waals surface area (Å²) in [6.07, 6.45) is 1.24. The van der Waals surface area contributed by atoms with Crippen molar-refractivity contribution in [1.82, 2.24) is 4.90 Å². The highest BCUT2D eigenvalue weighted by Gasteiger charge is 2.14. The minimum absolute atomic E-state index is 0.140. The van der Waals surface area contributed by atoms with E-state index in [2.05, 4.69) is 17.0 Å². The van der Waals surface area contributed by atoms with Gasteiger partial charge in [-0.3, -0.25) is 4.79 Å². The van der Waals surface area contributed by atoms with Gasteiger partial charge in [-0.25, -0.2) is 0 Å². The first-order valence-corrected chi connectivity index (χ1v) is 6.99. The molecule has 0 aromatic heterocycles. The molecule has 0 unspecified atom stereocenters. The molecule has 5 heteroatoms. The number of nitrogen functional groups attached to an aromatic ring is 1. The molecule has 110 valence electrons. The van der Waals surface area contributed by atoms with Crippen molar-refractivity contribution in [1.29, 1.82) is 0 Å². The standard InChI is InChI=1S/C15H23N3O2/c1-17(2)15(19)6-4-12-3-5-14(13(16)11-12)18-7-9-20-10-8-18/h3,5,11H,4,6-10,16H2,1-2H3. The second kappa shape index (κ2) is 6.61. The number of nitrogens with zero attached hydrogens (tertiary/aromatic N) is 2. The summed E-state index contributed by atoms with van der Waals surface area (Å²) >= 11 is 0. The van der Waals surface area contributed by atoms with Crippen LogP contribution >= 0.6 is 0 Å². The quantitative estimate of drug-likeness (QED) is 0.838. The van der Waals surface area contributed by atoms with Crippen molar-refractivity contribution in [3.05, 3.63) is 23.8 Å². The predicted molar refractivity (Wildman–Crippen MR) is 80.9 cm³/mol. The number of ether oxygens (including phenoxy) is 1. The van der Waals surface area contributed by atoms with Gasteiger partial charge < -0.3 is 20.3 Å². The molecule has 1 aliphatic rings. The number of amides is 1. The van der Waals surface area contributed by atoms with Crippen LogP contribution in [0.15, 0.2) is 18.2 Å². The Morgan fingerprint density at radius 2 is 2.05 bits per heavy atom. The van der Waals surface area contributed by atoms with Crippen molar-refractivity contribution in [3.8, 4) is 0 Å². The maximum absolute atomic E-state index is 11.6. The number of rotatable bonds is 4. The third kappa shape index (κ3) is 3.63. The van der Waals surface area contributed by atoms with Crippen molar-refractivity contribution in [2.75, 3.05) is 51.0 Å². The van der Waals surface area contributed by atoms with Gasteiger partial charge in [0, 0.05) is 33.6 Å². The number of hydrogen-bond donors (Lipinski definition) is 1. The zero-order valence-electron chi connectivity index (χ0n) is 12.3. The van der Waals surface area contributed by atoms with E-state index in [9.17, 15) is 4.79 Å². The topological polar surface area (TPSA) is 58.8 Å². The molecule has 0 saturated carbocycles. The van der Waals surface area contributed by atoms with Gasteiger partial charge in [0.1, 0.15) is 0 Å². The molecule has 1 amide bonds. The smallest absolute Gasteiger partial charge is 0.222 e. The van der Waals surface area contributed by atoms with Gasteiger partial charge in [0.05, 0.1) is 24.6 Å². The lowest BCUT2D eigenvalue weighted by atomic mass is 10.1. The van der Waals surface area contributed by atoms with Crippen molar-refractivity contribution >= 4 is 17.3 Å². The number of nitrogens with two attached hydrogens (primary N) is 1. The highest BCUT2D eigenvalue weighted by atomic mass is 16.5. The molecule has 1 aliphatic heterocycles. The normalized spacial score (nSPS) is 15.2. The molecule has 1 aromatic carbocycles. The lowest BCUT2D eigenvalue weighted by molar-refractivity contribution is -0.128. The van der Waals surface area contributed by atoms with Crippen LogP contribution in [-0.2, 0) is 16.0 Å². The zero-order chi connectivity index (χ0) is 14.5. The molecule has 0 bridgehead atoms. The van der Waals surface area contributed by atoms with Gasteiger partial charge in [-0.15, -0.1) is 0 Å². The number of carbonyl (C=O) groups is 1. The van der Waals surface area contributed by atoms with Gasteiger partial charge in [0.25, 0.3) is 0 Å². The number of carbonyl (C=O) groups excluding carboxylic acids is 1. The van der Waals surface area contributed by atoms with Gasteiger partial charge in [0.15, 0.2) is 0 Å². The van der Waals surface area contributed by atoms with E-state index in [0.29, 0.717) is 6.42 Å². The zero-order valence-corrected chi connectivity index (χ0v) is 12.3. The number of benzene rings is 1. The van der Waals surface area contributed by atoms with E-state index >= 15 is 0 Å². The summed E-state index contributed by atoms with van der Waals surface area (Å²) in [5.41, 5.74) is 9.09. The van der Waals surface area contributed by atoms with Crippen LogP contribution in [0.25, 0.3) is 0 Å². The van der Waals surface area contributed by atoms with Crippen LogP contribution in [0.2, 0.25) is 0 Å². The fourth-order valence-electron chi connectivity index (χ4n) is 2.33. The van der Waals surface area contributed by atoms with E-state index in [1.807, 2.05) is 6.07 Å². The lowest BCUT2D eigenvalue weighted by Gasteiger charge is -2.30. The summed E-state index contributed by atoms with van der Waals surface area (Å²) in [4.78, 5) is 15.4. The fourth-order valence-corrected chi connectivity index (χ4v) is 2.33. The second-order valence-electron chi connectivity index (χ2n) is 5.28. The molecule has 5 nitrogen and oxygen atoms in total. The second-order valence-corrected chi connectivity index (χ2v) is 5.28. The fraction of sp³-hybridized carbons (Fsp3) is 0.533. The monoisotopic (exact) mass is 277 g/mol. The van der Waals surface area contributed by atoms with Gasteiger partial charge in [-0.1, -0.05) is 6.07 Å². The van der Waals surface area contributed by atoms with Crippen LogP contribution in [0.1, 0.15) is 12.0 Å². The number of hydrogen-bond acceptors (Lipinski definition) is 4. The van der Waals surface area contributed by atoms with Crippen LogP contribution in [0.3, 0.4) is 0 Å². The summed E-state index contributed by atoms with van der Waals surface area (Å²) in [5, 5.41) is 0. The highest BCUT2D eigenvalue weighted by molar-refractivity contribution is 5.76. The minimum atomic E-state index is 0.140. The molecule has 1 aromatic rings. The van der Waals surface area contributed by atoms with E-state index in [1.165, 1.54) is 0 Å². The molecule has 20 heavy (non-hydrogen) atoms.